The molecule has 1 aromatic heterocycles. The second-order valence-corrected chi connectivity index (χ2v) is 4.50. The van der Waals surface area contributed by atoms with Crippen LogP contribution in [0, 0.1) is 12.7 Å². The average molecular weight is 275 g/mol. The van der Waals surface area contributed by atoms with Gasteiger partial charge in [0.15, 0.2) is 0 Å². The van der Waals surface area contributed by atoms with Crippen LogP contribution in [0.25, 0.3) is 0 Å². The fraction of sp³-hybridized carbons (Fsp3) is 0.286. The Morgan fingerprint density at radius 2 is 2.00 bits per heavy atom. The molecule has 2 rings (SSSR count). The average Bonchev–Trinajstić information content (AvgIpc) is 2.44. The van der Waals surface area contributed by atoms with E-state index in [1.807, 2.05) is 19.9 Å². The van der Waals surface area contributed by atoms with Gasteiger partial charge in [0.1, 0.15) is 23.8 Å². The van der Waals surface area contributed by atoms with Crippen LogP contribution in [0.1, 0.15) is 24.5 Å². The topological polar surface area (TPSA) is 75.9 Å². The van der Waals surface area contributed by atoms with Gasteiger partial charge < -0.3 is 10.7 Å². The first-order valence-electron chi connectivity index (χ1n) is 6.50. The first-order valence-corrected chi connectivity index (χ1v) is 6.50. The Morgan fingerprint density at radius 1 is 1.25 bits per heavy atom. The van der Waals surface area contributed by atoms with Crippen LogP contribution in [0.15, 0.2) is 24.5 Å². The number of nitrogens with zero attached hydrogens (tertiary/aromatic N) is 2. The highest BCUT2D eigenvalue weighted by Gasteiger charge is 2.13. The highest BCUT2D eigenvalue weighted by molar-refractivity contribution is 5.67. The summed E-state index contributed by atoms with van der Waals surface area (Å²) in [6.07, 6.45) is 3.05. The molecule has 0 spiro atoms. The lowest BCUT2D eigenvalue weighted by atomic mass is 10.1. The van der Waals surface area contributed by atoms with Gasteiger partial charge >= 0.3 is 0 Å². The lowest BCUT2D eigenvalue weighted by Crippen LogP contribution is -2.13. The first kappa shape index (κ1) is 14.2. The summed E-state index contributed by atoms with van der Waals surface area (Å²) in [5, 5.41) is 3.05. The van der Waals surface area contributed by atoms with Gasteiger partial charge in [0, 0.05) is 5.56 Å². The summed E-state index contributed by atoms with van der Waals surface area (Å²) in [4.78, 5) is 8.28. The van der Waals surface area contributed by atoms with E-state index in [0.717, 1.165) is 24.0 Å². The van der Waals surface area contributed by atoms with Crippen molar-refractivity contribution < 1.29 is 4.39 Å². The number of hydrogen-bond acceptors (Lipinski definition) is 5. The van der Waals surface area contributed by atoms with Crippen molar-refractivity contribution in [3.05, 3.63) is 41.5 Å². The molecule has 2 aromatic rings. The number of nitrogens with two attached hydrogens (primary N) is 1. The maximum atomic E-state index is 13.9. The Bertz CT molecular complexity index is 580. The largest absolute Gasteiger partial charge is 0.337 e. The highest BCUT2D eigenvalue weighted by Crippen LogP contribution is 2.27. The smallest absolute Gasteiger partial charge is 0.148 e. The minimum Gasteiger partial charge on any atom is -0.337 e. The van der Waals surface area contributed by atoms with E-state index in [1.54, 1.807) is 6.07 Å². The van der Waals surface area contributed by atoms with Crippen molar-refractivity contribution in [2.75, 3.05) is 10.7 Å². The van der Waals surface area contributed by atoms with Gasteiger partial charge in [-0.3, -0.25) is 0 Å². The molecule has 20 heavy (non-hydrogen) atoms. The summed E-state index contributed by atoms with van der Waals surface area (Å²) in [5.41, 5.74) is 4.63. The monoisotopic (exact) mass is 275 g/mol. The molecule has 1 aromatic carbocycles. The number of aryl methyl sites for hydroxylation is 1. The summed E-state index contributed by atoms with van der Waals surface area (Å²) in [7, 11) is 0. The summed E-state index contributed by atoms with van der Waals surface area (Å²) < 4.78 is 13.9. The Labute approximate surface area is 117 Å². The number of anilines is 3. The van der Waals surface area contributed by atoms with Gasteiger partial charge in [-0.25, -0.2) is 20.2 Å². The normalized spacial score (nSPS) is 10.4. The fourth-order valence-electron chi connectivity index (χ4n) is 2.04. The standard InChI is InChI=1S/C14H18FN5/c1-3-5-10-13(17-8-18-14(10)20-16)19-12-9(2)6-4-7-11(12)15/h4,6-8H,3,5,16H2,1-2H3,(H2,17,18,19,20). The lowest BCUT2D eigenvalue weighted by Gasteiger charge is -2.15. The Balaban J connectivity index is 2.43. The molecule has 0 bridgehead atoms. The third-order valence-electron chi connectivity index (χ3n) is 3.05. The molecule has 0 fully saturated rings. The number of halogens is 1. The van der Waals surface area contributed by atoms with Gasteiger partial charge in [0.25, 0.3) is 0 Å². The van der Waals surface area contributed by atoms with Gasteiger partial charge in [-0.2, -0.15) is 0 Å². The van der Waals surface area contributed by atoms with Crippen LogP contribution >= 0.6 is 0 Å². The Morgan fingerprint density at radius 3 is 2.65 bits per heavy atom. The van der Waals surface area contributed by atoms with Crippen molar-refractivity contribution in [2.24, 2.45) is 5.84 Å². The molecular formula is C14H18FN5. The molecule has 0 atom stereocenters. The number of hydrazine groups is 1. The molecule has 0 aliphatic heterocycles. The fourth-order valence-corrected chi connectivity index (χ4v) is 2.04. The van der Waals surface area contributed by atoms with Crippen molar-refractivity contribution >= 4 is 17.3 Å². The SMILES string of the molecule is CCCc1c(NN)ncnc1Nc1c(C)cccc1F. The van der Waals surface area contributed by atoms with Crippen molar-refractivity contribution in [1.82, 2.24) is 9.97 Å². The van der Waals surface area contributed by atoms with Crippen molar-refractivity contribution in [3.63, 3.8) is 0 Å². The van der Waals surface area contributed by atoms with Crippen LogP contribution in [0.5, 0.6) is 0 Å². The number of nitrogens with one attached hydrogen (secondary N) is 2. The molecular weight excluding hydrogens is 257 g/mol. The van der Waals surface area contributed by atoms with Crippen LogP contribution in [0.2, 0.25) is 0 Å². The molecule has 0 radical (unpaired) electrons. The van der Waals surface area contributed by atoms with Gasteiger partial charge in [-0.15, -0.1) is 0 Å². The van der Waals surface area contributed by atoms with Gasteiger partial charge in [-0.05, 0) is 25.0 Å². The molecule has 0 saturated carbocycles. The van der Waals surface area contributed by atoms with Crippen LogP contribution < -0.4 is 16.6 Å². The number of aromatic nitrogens is 2. The molecule has 6 heteroatoms. The van der Waals surface area contributed by atoms with Gasteiger partial charge in [0.05, 0.1) is 5.69 Å². The zero-order valence-electron chi connectivity index (χ0n) is 11.6. The van der Waals surface area contributed by atoms with E-state index < -0.39 is 0 Å². The number of para-hydroxylation sites is 1. The van der Waals surface area contributed by atoms with Crippen molar-refractivity contribution in [2.45, 2.75) is 26.7 Å². The summed E-state index contributed by atoms with van der Waals surface area (Å²) in [5.74, 6) is 6.28. The molecule has 0 amide bonds. The maximum Gasteiger partial charge on any atom is 0.148 e. The van der Waals surface area contributed by atoms with E-state index in [9.17, 15) is 4.39 Å². The lowest BCUT2D eigenvalue weighted by molar-refractivity contribution is 0.630. The third-order valence-corrected chi connectivity index (χ3v) is 3.05. The summed E-state index contributed by atoms with van der Waals surface area (Å²) in [6.45, 7) is 3.89. The number of benzene rings is 1. The van der Waals surface area contributed by atoms with E-state index in [4.69, 9.17) is 5.84 Å². The van der Waals surface area contributed by atoms with E-state index in [-0.39, 0.29) is 5.82 Å². The second-order valence-electron chi connectivity index (χ2n) is 4.50. The molecule has 5 nitrogen and oxygen atoms in total. The summed E-state index contributed by atoms with van der Waals surface area (Å²) in [6, 6.07) is 4.93. The Kier molecular flexibility index (Phi) is 4.47. The minimum atomic E-state index is -0.312. The van der Waals surface area contributed by atoms with E-state index in [2.05, 4.69) is 20.7 Å². The minimum absolute atomic E-state index is 0.312. The van der Waals surface area contributed by atoms with Crippen LogP contribution in [-0.4, -0.2) is 9.97 Å². The van der Waals surface area contributed by atoms with E-state index >= 15 is 0 Å². The van der Waals surface area contributed by atoms with Crippen LogP contribution in [0.4, 0.5) is 21.7 Å². The molecule has 106 valence electrons. The first-order chi connectivity index (χ1) is 9.67. The maximum absolute atomic E-state index is 13.9. The predicted molar refractivity (Wildman–Crippen MR) is 78.3 cm³/mol. The number of rotatable bonds is 5. The Hall–Kier alpha value is -2.21. The molecule has 4 N–H and O–H groups in total. The molecule has 1 heterocycles. The molecule has 0 saturated heterocycles. The van der Waals surface area contributed by atoms with Crippen molar-refractivity contribution in [1.29, 1.82) is 0 Å². The number of nitrogen functional groups attached to an aromatic ring is 1. The van der Waals surface area contributed by atoms with Gasteiger partial charge in [0.2, 0.25) is 0 Å². The highest BCUT2D eigenvalue weighted by atomic mass is 19.1. The quantitative estimate of drug-likeness (QED) is 0.578. The van der Waals surface area contributed by atoms with Crippen LogP contribution in [0.3, 0.4) is 0 Å². The zero-order chi connectivity index (χ0) is 14.5. The molecule has 0 aliphatic rings. The number of hydrogen-bond donors (Lipinski definition) is 3. The van der Waals surface area contributed by atoms with E-state index in [0.29, 0.717) is 17.3 Å². The third kappa shape index (κ3) is 2.85. The molecule has 0 unspecified atom stereocenters. The zero-order valence-corrected chi connectivity index (χ0v) is 11.6. The second kappa shape index (κ2) is 6.29. The van der Waals surface area contributed by atoms with E-state index in [1.165, 1.54) is 12.4 Å². The predicted octanol–water partition coefficient (Wildman–Crippen LogP) is 2.91. The van der Waals surface area contributed by atoms with Crippen LogP contribution in [-0.2, 0) is 6.42 Å². The van der Waals surface area contributed by atoms with Gasteiger partial charge in [-0.1, -0.05) is 25.5 Å². The van der Waals surface area contributed by atoms with Crippen molar-refractivity contribution in [3.8, 4) is 0 Å². The molecule has 0 aliphatic carbocycles. The summed E-state index contributed by atoms with van der Waals surface area (Å²) >= 11 is 0.